The molecule has 29 heavy (non-hydrogen) atoms. The van der Waals surface area contributed by atoms with Gasteiger partial charge in [-0.15, -0.1) is 0 Å². The minimum Gasteiger partial charge on any atom is -0.497 e. The molecular formula is C22H23N3O4. The zero-order valence-electron chi connectivity index (χ0n) is 16.2. The molecule has 1 saturated carbocycles. The minimum absolute atomic E-state index is 0.404. The van der Waals surface area contributed by atoms with Gasteiger partial charge in [-0.05, 0) is 42.7 Å². The second-order valence-corrected chi connectivity index (χ2v) is 7.11. The Morgan fingerprint density at radius 1 is 1.21 bits per heavy atom. The van der Waals surface area contributed by atoms with Crippen molar-refractivity contribution in [3.8, 4) is 5.75 Å². The van der Waals surface area contributed by atoms with Crippen LogP contribution in [0.15, 0.2) is 64.7 Å². The third kappa shape index (κ3) is 4.00. The Balaban J connectivity index is 1.53. The van der Waals surface area contributed by atoms with E-state index in [0.717, 1.165) is 11.3 Å². The highest BCUT2D eigenvalue weighted by Crippen LogP contribution is 2.40. The Kier molecular flexibility index (Phi) is 5.31. The van der Waals surface area contributed by atoms with Crippen LogP contribution >= 0.6 is 0 Å². The van der Waals surface area contributed by atoms with Gasteiger partial charge in [0.05, 0.1) is 31.5 Å². The maximum absolute atomic E-state index is 12.5. The fourth-order valence-corrected chi connectivity index (χ4v) is 3.53. The number of hydrogen-bond donors (Lipinski definition) is 1. The molecule has 4 rings (SSSR count). The van der Waals surface area contributed by atoms with Crippen molar-refractivity contribution >= 4 is 17.4 Å². The van der Waals surface area contributed by atoms with E-state index >= 15 is 0 Å². The third-order valence-corrected chi connectivity index (χ3v) is 5.26. The first kappa shape index (κ1) is 19.1. The van der Waals surface area contributed by atoms with Crippen LogP contribution in [0.1, 0.15) is 28.8 Å². The molecule has 0 aromatic heterocycles. The van der Waals surface area contributed by atoms with Gasteiger partial charge in [0.25, 0.3) is 0 Å². The number of carbonyl (C=O) groups is 1. The summed E-state index contributed by atoms with van der Waals surface area (Å²) >= 11 is 0. The molecule has 7 nitrogen and oxygen atoms in total. The van der Waals surface area contributed by atoms with Crippen molar-refractivity contribution in [2.45, 2.75) is 31.1 Å². The van der Waals surface area contributed by atoms with Crippen molar-refractivity contribution in [1.29, 1.82) is 0 Å². The van der Waals surface area contributed by atoms with Crippen molar-refractivity contribution in [2.75, 3.05) is 13.7 Å². The zero-order valence-corrected chi connectivity index (χ0v) is 16.2. The van der Waals surface area contributed by atoms with Crippen LogP contribution in [0.2, 0.25) is 0 Å². The molecular weight excluding hydrogens is 370 g/mol. The van der Waals surface area contributed by atoms with E-state index in [1.165, 1.54) is 0 Å². The van der Waals surface area contributed by atoms with Crippen molar-refractivity contribution in [3.63, 3.8) is 0 Å². The lowest BCUT2D eigenvalue weighted by molar-refractivity contribution is 0.0397. The summed E-state index contributed by atoms with van der Waals surface area (Å²) in [7, 11) is 1.63. The molecule has 0 radical (unpaired) electrons. The Morgan fingerprint density at radius 2 is 1.93 bits per heavy atom. The lowest BCUT2D eigenvalue weighted by Gasteiger charge is -2.29. The average molecular weight is 393 g/mol. The number of carbonyl (C=O) groups excluding carboxylic acids is 1. The van der Waals surface area contributed by atoms with Gasteiger partial charge in [-0.2, -0.15) is 5.10 Å². The van der Waals surface area contributed by atoms with Gasteiger partial charge in [-0.25, -0.2) is 4.79 Å². The number of epoxide rings is 1. The summed E-state index contributed by atoms with van der Waals surface area (Å²) in [6.45, 7) is 1.02. The monoisotopic (exact) mass is 393 g/mol. The molecule has 1 aliphatic heterocycles. The Morgan fingerprint density at radius 3 is 2.55 bits per heavy atom. The molecule has 2 atom stereocenters. The van der Waals surface area contributed by atoms with Crippen LogP contribution in [0.3, 0.4) is 0 Å². The Hall–Kier alpha value is -3.19. The Bertz CT molecular complexity index is 934. The summed E-state index contributed by atoms with van der Waals surface area (Å²) in [4.78, 5) is 17.3. The number of rotatable bonds is 5. The third-order valence-electron chi connectivity index (χ3n) is 5.26. The summed E-state index contributed by atoms with van der Waals surface area (Å²) in [6, 6.07) is 16.6. The number of esters is 1. The van der Waals surface area contributed by atoms with E-state index in [1.54, 1.807) is 31.4 Å². The van der Waals surface area contributed by atoms with E-state index in [1.807, 2.05) is 30.3 Å². The van der Waals surface area contributed by atoms with Gasteiger partial charge in [-0.1, -0.05) is 30.3 Å². The molecule has 0 bridgehead atoms. The highest BCUT2D eigenvalue weighted by molar-refractivity contribution is 6.48. The summed E-state index contributed by atoms with van der Waals surface area (Å²) in [5.41, 5.74) is 2.21. The van der Waals surface area contributed by atoms with Crippen molar-refractivity contribution in [1.82, 2.24) is 0 Å². The maximum Gasteiger partial charge on any atom is 0.338 e. The van der Waals surface area contributed by atoms with Gasteiger partial charge >= 0.3 is 5.97 Å². The SMILES string of the molecule is COc1ccc(CN=C2C(=NN)[C@H](OC(=O)c3ccccc3)CC[C@]23CO3)cc1. The smallest absolute Gasteiger partial charge is 0.338 e. The lowest BCUT2D eigenvalue weighted by Crippen LogP contribution is -2.47. The molecule has 0 amide bonds. The number of nitrogens with zero attached hydrogens (tertiary/aromatic N) is 2. The van der Waals surface area contributed by atoms with Crippen LogP contribution in [0.25, 0.3) is 0 Å². The average Bonchev–Trinajstić information content (AvgIpc) is 3.55. The van der Waals surface area contributed by atoms with Crippen LogP contribution in [-0.4, -0.2) is 42.8 Å². The molecule has 7 heteroatoms. The predicted octanol–water partition coefficient (Wildman–Crippen LogP) is 2.74. The molecule has 1 aliphatic carbocycles. The van der Waals surface area contributed by atoms with Gasteiger partial charge in [0.2, 0.25) is 0 Å². The molecule has 2 aromatic rings. The molecule has 2 aliphatic rings. The van der Waals surface area contributed by atoms with E-state index in [2.05, 4.69) is 5.10 Å². The quantitative estimate of drug-likeness (QED) is 0.364. The standard InChI is InChI=1S/C22H23N3O4/c1-27-17-9-7-15(8-10-17)13-24-20-19(25-23)18(11-12-22(20)14-28-22)29-21(26)16-5-3-2-4-6-16/h2-10,18H,11-14,23H2,1H3/t18-,22+/m1/s1. The van der Waals surface area contributed by atoms with E-state index < -0.39 is 17.7 Å². The number of aliphatic imine (C=N–C) groups is 1. The Labute approximate surface area is 169 Å². The number of methoxy groups -OCH3 is 1. The highest BCUT2D eigenvalue weighted by atomic mass is 16.6. The van der Waals surface area contributed by atoms with E-state index in [0.29, 0.717) is 43.0 Å². The second kappa shape index (κ2) is 8.05. The summed E-state index contributed by atoms with van der Waals surface area (Å²) < 4.78 is 16.6. The number of hydrogen-bond acceptors (Lipinski definition) is 7. The number of nitrogens with two attached hydrogens (primary N) is 1. The van der Waals surface area contributed by atoms with E-state index in [-0.39, 0.29) is 0 Å². The topological polar surface area (TPSA) is 98.8 Å². The highest BCUT2D eigenvalue weighted by Gasteiger charge is 2.56. The fourth-order valence-electron chi connectivity index (χ4n) is 3.53. The maximum atomic E-state index is 12.5. The van der Waals surface area contributed by atoms with E-state index in [4.69, 9.17) is 25.0 Å². The molecule has 2 N–H and O–H groups in total. The normalized spacial score (nSPS) is 25.9. The van der Waals surface area contributed by atoms with Gasteiger partial charge < -0.3 is 20.1 Å². The zero-order chi connectivity index (χ0) is 20.3. The largest absolute Gasteiger partial charge is 0.497 e. The molecule has 1 spiro atoms. The van der Waals surface area contributed by atoms with E-state index in [9.17, 15) is 4.79 Å². The van der Waals surface area contributed by atoms with Gasteiger partial charge in [0.15, 0.2) is 0 Å². The summed E-state index contributed by atoms with van der Waals surface area (Å²) in [5.74, 6) is 6.08. The molecule has 2 fully saturated rings. The van der Waals surface area contributed by atoms with Crippen molar-refractivity contribution in [3.05, 3.63) is 65.7 Å². The van der Waals surface area contributed by atoms with Crippen molar-refractivity contribution in [2.24, 2.45) is 15.9 Å². The summed E-state index contributed by atoms with van der Waals surface area (Å²) in [6.07, 6.45) is 0.758. The van der Waals surface area contributed by atoms with Crippen LogP contribution in [-0.2, 0) is 16.0 Å². The summed E-state index contributed by atoms with van der Waals surface area (Å²) in [5, 5.41) is 3.94. The predicted molar refractivity (Wildman–Crippen MR) is 109 cm³/mol. The van der Waals surface area contributed by atoms with Gasteiger partial charge in [0, 0.05) is 0 Å². The van der Waals surface area contributed by atoms with Gasteiger partial charge in [-0.3, -0.25) is 4.99 Å². The molecule has 150 valence electrons. The first-order valence-electron chi connectivity index (χ1n) is 9.51. The first-order chi connectivity index (χ1) is 14.1. The van der Waals surface area contributed by atoms with Crippen molar-refractivity contribution < 1.29 is 19.0 Å². The number of benzene rings is 2. The molecule has 1 heterocycles. The first-order valence-corrected chi connectivity index (χ1v) is 9.51. The molecule has 1 saturated heterocycles. The minimum atomic E-state index is -0.544. The molecule has 0 unspecified atom stereocenters. The number of ether oxygens (including phenoxy) is 3. The second-order valence-electron chi connectivity index (χ2n) is 7.11. The lowest BCUT2D eigenvalue weighted by atomic mass is 9.83. The van der Waals surface area contributed by atoms with Crippen LogP contribution in [0, 0.1) is 0 Å². The van der Waals surface area contributed by atoms with Crippen LogP contribution in [0.4, 0.5) is 0 Å². The number of hydrazone groups is 1. The molecule has 2 aromatic carbocycles. The van der Waals surface area contributed by atoms with Crippen LogP contribution < -0.4 is 10.6 Å². The van der Waals surface area contributed by atoms with Crippen LogP contribution in [0.5, 0.6) is 5.75 Å². The van der Waals surface area contributed by atoms with Gasteiger partial charge in [0.1, 0.15) is 23.2 Å². The fraction of sp³-hybridized carbons (Fsp3) is 0.318.